The van der Waals surface area contributed by atoms with Gasteiger partial charge in [0.1, 0.15) is 0 Å². The third-order valence-electron chi connectivity index (χ3n) is 4.70. The Hall–Kier alpha value is -4.20. The van der Waals surface area contributed by atoms with E-state index in [-0.39, 0.29) is 21.5 Å². The van der Waals surface area contributed by atoms with E-state index in [9.17, 15) is 19.2 Å². The van der Waals surface area contributed by atoms with Crippen LogP contribution >= 0.6 is 0 Å². The van der Waals surface area contributed by atoms with Crippen LogP contribution in [0.15, 0.2) is 80.4 Å². The van der Waals surface area contributed by atoms with Crippen molar-refractivity contribution in [1.82, 2.24) is 19.1 Å². The molecule has 8 heteroatoms. The molecule has 8 nitrogen and oxygen atoms in total. The second kappa shape index (κ2) is 5.65. The van der Waals surface area contributed by atoms with Gasteiger partial charge in [-0.1, -0.05) is 0 Å². The highest BCUT2D eigenvalue weighted by Gasteiger charge is 2.20. The molecular formula is C20H10N4O4. The molecular weight excluding hydrogens is 360 g/mol. The van der Waals surface area contributed by atoms with Gasteiger partial charge < -0.3 is 0 Å². The molecule has 0 bridgehead atoms. The van der Waals surface area contributed by atoms with E-state index in [1.807, 2.05) is 0 Å². The fraction of sp³-hybridized carbons (Fsp3) is 0. The van der Waals surface area contributed by atoms with Crippen LogP contribution in [0.25, 0.3) is 32.9 Å². The van der Waals surface area contributed by atoms with E-state index in [0.717, 1.165) is 9.13 Å². The van der Waals surface area contributed by atoms with E-state index in [1.165, 1.54) is 36.9 Å². The summed E-state index contributed by atoms with van der Waals surface area (Å²) in [4.78, 5) is 59.1. The maximum Gasteiger partial charge on any atom is 0.266 e. The van der Waals surface area contributed by atoms with Crippen LogP contribution in [0.3, 0.4) is 0 Å². The maximum atomic E-state index is 12.8. The van der Waals surface area contributed by atoms with Crippen LogP contribution in [0, 0.1) is 0 Å². The summed E-state index contributed by atoms with van der Waals surface area (Å²) in [6.07, 6.45) is 5.85. The van der Waals surface area contributed by atoms with Gasteiger partial charge in [-0.05, 0) is 36.4 Å². The zero-order valence-corrected chi connectivity index (χ0v) is 14.2. The largest absolute Gasteiger partial charge is 0.268 e. The van der Waals surface area contributed by atoms with Crippen molar-refractivity contribution in [2.45, 2.75) is 0 Å². The topological polar surface area (TPSA) is 104 Å². The molecule has 4 aromatic heterocycles. The molecule has 134 valence electrons. The Labute approximate surface area is 155 Å². The van der Waals surface area contributed by atoms with Gasteiger partial charge in [0.25, 0.3) is 22.2 Å². The molecule has 0 aliphatic carbocycles. The summed E-state index contributed by atoms with van der Waals surface area (Å²) in [5, 5.41) is 0.340. The Balaban J connectivity index is 1.89. The second-order valence-corrected chi connectivity index (χ2v) is 6.26. The number of hydrogen-bond acceptors (Lipinski definition) is 6. The smallest absolute Gasteiger partial charge is 0.266 e. The summed E-state index contributed by atoms with van der Waals surface area (Å²) >= 11 is 0. The Kier molecular flexibility index (Phi) is 3.23. The minimum absolute atomic E-state index is 0.0850. The van der Waals surface area contributed by atoms with Crippen molar-refractivity contribution in [3.63, 3.8) is 0 Å². The molecule has 0 radical (unpaired) electrons. The molecule has 0 saturated carbocycles. The predicted molar refractivity (Wildman–Crippen MR) is 103 cm³/mol. The van der Waals surface area contributed by atoms with Crippen molar-refractivity contribution in [2.75, 3.05) is 0 Å². The fourth-order valence-corrected chi connectivity index (χ4v) is 3.41. The van der Waals surface area contributed by atoms with Gasteiger partial charge in [0.15, 0.2) is 0 Å². The van der Waals surface area contributed by atoms with Crippen molar-refractivity contribution in [3.05, 3.63) is 103 Å². The molecule has 0 saturated heterocycles. The lowest BCUT2D eigenvalue weighted by molar-refractivity contribution is 0.975. The Bertz CT molecular complexity index is 1380. The first-order chi connectivity index (χ1) is 13.6. The first kappa shape index (κ1) is 16.0. The average molecular weight is 370 g/mol. The molecule has 0 aliphatic heterocycles. The molecule has 0 aliphatic rings. The summed E-state index contributed by atoms with van der Waals surface area (Å²) < 4.78 is 1.97. The highest BCUT2D eigenvalue weighted by atomic mass is 16.2. The third kappa shape index (κ3) is 2.05. The molecule has 1 aromatic carbocycles. The van der Waals surface area contributed by atoms with Gasteiger partial charge in [0, 0.05) is 12.4 Å². The highest BCUT2D eigenvalue weighted by molar-refractivity contribution is 5.98. The van der Waals surface area contributed by atoms with E-state index in [0.29, 0.717) is 11.4 Å². The lowest BCUT2D eigenvalue weighted by Gasteiger charge is -1.97. The molecule has 0 amide bonds. The fourth-order valence-electron chi connectivity index (χ4n) is 3.41. The summed E-state index contributed by atoms with van der Waals surface area (Å²) in [5.41, 5.74) is -1.59. The number of nitrogens with zero attached hydrogens (tertiary/aromatic N) is 4. The van der Waals surface area contributed by atoms with Crippen LogP contribution in [0.5, 0.6) is 0 Å². The standard InChI is InChI=1S/C20H10N4O4/c25-17-13-7-15-16(20(28)24(19(15)27)12-4-2-6-22-10-12)8-14(13)18(26)23(17)11-3-1-5-21-9-11/h1-10H. The summed E-state index contributed by atoms with van der Waals surface area (Å²) in [7, 11) is 0. The lowest BCUT2D eigenvalue weighted by Crippen LogP contribution is -2.24. The number of hydrogen-bond donors (Lipinski definition) is 0. The number of fused-ring (bicyclic) bond motifs is 2. The average Bonchev–Trinajstić information content (AvgIpc) is 3.12. The van der Waals surface area contributed by atoms with Crippen molar-refractivity contribution >= 4 is 21.5 Å². The molecule has 4 heterocycles. The van der Waals surface area contributed by atoms with E-state index in [2.05, 4.69) is 9.97 Å². The Morgan fingerprint density at radius 1 is 0.571 bits per heavy atom. The first-order valence-electron chi connectivity index (χ1n) is 8.33. The van der Waals surface area contributed by atoms with E-state index in [4.69, 9.17) is 0 Å². The summed E-state index contributed by atoms with van der Waals surface area (Å²) in [6, 6.07) is 9.02. The van der Waals surface area contributed by atoms with Crippen molar-refractivity contribution < 1.29 is 0 Å². The van der Waals surface area contributed by atoms with Gasteiger partial charge in [-0.25, -0.2) is 9.13 Å². The van der Waals surface area contributed by atoms with Crippen LogP contribution in [0.1, 0.15) is 0 Å². The normalized spacial score (nSPS) is 11.4. The molecule has 0 unspecified atom stereocenters. The minimum atomic E-state index is -0.559. The molecule has 0 fully saturated rings. The van der Waals surface area contributed by atoms with Gasteiger partial charge in [-0.2, -0.15) is 0 Å². The van der Waals surface area contributed by atoms with E-state index in [1.54, 1.807) is 24.3 Å². The van der Waals surface area contributed by atoms with E-state index >= 15 is 0 Å². The van der Waals surface area contributed by atoms with Crippen LogP contribution in [-0.2, 0) is 0 Å². The number of pyridine rings is 2. The quantitative estimate of drug-likeness (QED) is 0.453. The monoisotopic (exact) mass is 370 g/mol. The predicted octanol–water partition coefficient (Wildman–Crippen LogP) is 0.681. The zero-order chi connectivity index (χ0) is 19.4. The van der Waals surface area contributed by atoms with Crippen molar-refractivity contribution in [2.24, 2.45) is 0 Å². The molecule has 28 heavy (non-hydrogen) atoms. The third-order valence-corrected chi connectivity index (χ3v) is 4.70. The molecule has 0 N–H and O–H groups in total. The number of rotatable bonds is 2. The maximum absolute atomic E-state index is 12.8. The second-order valence-electron chi connectivity index (χ2n) is 6.26. The van der Waals surface area contributed by atoms with Gasteiger partial charge in [-0.3, -0.25) is 29.1 Å². The summed E-state index contributed by atoms with van der Waals surface area (Å²) in [6.45, 7) is 0. The first-order valence-corrected chi connectivity index (χ1v) is 8.33. The summed E-state index contributed by atoms with van der Waals surface area (Å²) in [5.74, 6) is 0. The molecule has 5 rings (SSSR count). The van der Waals surface area contributed by atoms with Crippen LogP contribution < -0.4 is 22.2 Å². The molecule has 0 atom stereocenters. The van der Waals surface area contributed by atoms with Crippen molar-refractivity contribution in [1.29, 1.82) is 0 Å². The highest BCUT2D eigenvalue weighted by Crippen LogP contribution is 2.16. The van der Waals surface area contributed by atoms with E-state index < -0.39 is 22.2 Å². The molecule has 0 spiro atoms. The van der Waals surface area contributed by atoms with Gasteiger partial charge in [-0.15, -0.1) is 0 Å². The van der Waals surface area contributed by atoms with Crippen molar-refractivity contribution in [3.8, 4) is 11.4 Å². The van der Waals surface area contributed by atoms with Crippen LogP contribution in [-0.4, -0.2) is 19.1 Å². The number of benzene rings is 1. The van der Waals surface area contributed by atoms with Gasteiger partial charge in [0.05, 0.1) is 45.3 Å². The Morgan fingerprint density at radius 2 is 0.929 bits per heavy atom. The van der Waals surface area contributed by atoms with Gasteiger partial charge in [0.2, 0.25) is 0 Å². The molecule has 5 aromatic rings. The zero-order valence-electron chi connectivity index (χ0n) is 14.2. The SMILES string of the molecule is O=c1c2cc3c(=O)n(-c4cccnc4)c(=O)c3cc2c(=O)n1-c1cccnc1. The number of aromatic nitrogens is 4. The van der Waals surface area contributed by atoms with Crippen LogP contribution in [0.4, 0.5) is 0 Å². The minimum Gasteiger partial charge on any atom is -0.268 e. The Morgan fingerprint density at radius 3 is 1.21 bits per heavy atom. The lowest BCUT2D eigenvalue weighted by atomic mass is 10.1. The van der Waals surface area contributed by atoms with Crippen LogP contribution in [0.2, 0.25) is 0 Å². The van der Waals surface area contributed by atoms with Gasteiger partial charge >= 0.3 is 0 Å².